The minimum absolute atomic E-state index is 0.606. The van der Waals surface area contributed by atoms with Crippen molar-refractivity contribution in [3.8, 4) is 0 Å². The molecule has 1 aromatic heterocycles. The average Bonchev–Trinajstić information content (AvgIpc) is 2.94. The Morgan fingerprint density at radius 2 is 1.88 bits per heavy atom. The highest BCUT2D eigenvalue weighted by Crippen LogP contribution is 2.35. The van der Waals surface area contributed by atoms with Crippen LogP contribution in [0.5, 0.6) is 0 Å². The Morgan fingerprint density at radius 3 is 2.65 bits per heavy atom. The number of aromatic amines is 1. The second-order valence-corrected chi connectivity index (χ2v) is 5.55. The summed E-state index contributed by atoms with van der Waals surface area (Å²) in [5, 5.41) is 7.31. The van der Waals surface area contributed by atoms with Crippen LogP contribution < -0.4 is 0 Å². The maximum atomic E-state index is 4.13. The van der Waals surface area contributed by atoms with E-state index >= 15 is 0 Å². The number of hydrogen-bond donors (Lipinski definition) is 1. The molecular weight excluding hydrogens is 210 g/mol. The molecule has 2 aliphatic rings. The van der Waals surface area contributed by atoms with E-state index in [2.05, 4.69) is 21.2 Å². The smallest absolute Gasteiger partial charge is 0.0523 e. The summed E-state index contributed by atoms with van der Waals surface area (Å²) in [6, 6.07) is 3.60. The Morgan fingerprint density at radius 1 is 1.06 bits per heavy atom. The van der Waals surface area contributed by atoms with E-state index in [0.29, 0.717) is 6.04 Å². The van der Waals surface area contributed by atoms with Gasteiger partial charge < -0.3 is 0 Å². The van der Waals surface area contributed by atoms with Gasteiger partial charge in [0, 0.05) is 12.2 Å². The van der Waals surface area contributed by atoms with Gasteiger partial charge in [0.05, 0.1) is 11.7 Å². The van der Waals surface area contributed by atoms with E-state index in [1.165, 1.54) is 63.6 Å². The van der Waals surface area contributed by atoms with Crippen LogP contribution >= 0.6 is 0 Å². The van der Waals surface area contributed by atoms with Crippen molar-refractivity contribution in [1.82, 2.24) is 15.1 Å². The van der Waals surface area contributed by atoms with E-state index < -0.39 is 0 Å². The molecule has 1 saturated heterocycles. The summed E-state index contributed by atoms with van der Waals surface area (Å²) in [5.41, 5.74) is 1.33. The molecule has 0 amide bonds. The number of hydrogen-bond acceptors (Lipinski definition) is 2. The van der Waals surface area contributed by atoms with E-state index in [1.807, 2.05) is 6.20 Å². The van der Waals surface area contributed by atoms with Crippen molar-refractivity contribution in [3.63, 3.8) is 0 Å². The Balaban J connectivity index is 1.75. The molecule has 1 unspecified atom stereocenters. The molecular formula is C14H23N3. The fraction of sp³-hybridized carbons (Fsp3) is 0.786. The highest BCUT2D eigenvalue weighted by molar-refractivity contribution is 5.07. The van der Waals surface area contributed by atoms with Crippen LogP contribution in [0.15, 0.2) is 12.3 Å². The van der Waals surface area contributed by atoms with Crippen LogP contribution in [0.1, 0.15) is 63.1 Å². The molecule has 1 aromatic rings. The van der Waals surface area contributed by atoms with E-state index in [1.54, 1.807) is 0 Å². The monoisotopic (exact) mass is 233 g/mol. The van der Waals surface area contributed by atoms with Crippen molar-refractivity contribution in [2.45, 2.75) is 63.5 Å². The van der Waals surface area contributed by atoms with Gasteiger partial charge in [0.25, 0.3) is 0 Å². The number of H-pyrrole nitrogens is 1. The molecule has 94 valence electrons. The molecule has 3 heteroatoms. The predicted octanol–water partition coefficient (Wildman–Crippen LogP) is 3.27. The second-order valence-electron chi connectivity index (χ2n) is 5.55. The Bertz CT molecular complexity index is 327. The van der Waals surface area contributed by atoms with Crippen molar-refractivity contribution in [1.29, 1.82) is 0 Å². The van der Waals surface area contributed by atoms with Gasteiger partial charge in [-0.3, -0.25) is 10.00 Å². The summed E-state index contributed by atoms with van der Waals surface area (Å²) in [6.45, 7) is 1.29. The van der Waals surface area contributed by atoms with Crippen LogP contribution in [0.25, 0.3) is 0 Å². The summed E-state index contributed by atoms with van der Waals surface area (Å²) in [6.07, 6.45) is 13.1. The standard InChI is InChI=1S/C14H23N3/c1-2-6-12(7-3-1)17-11-5-4-8-14(17)13-9-10-15-16-13/h9-10,12,14H,1-8,11H2,(H,15,16). The molecule has 0 aromatic carbocycles. The first-order valence-corrected chi connectivity index (χ1v) is 7.20. The van der Waals surface area contributed by atoms with E-state index in [9.17, 15) is 0 Å². The van der Waals surface area contributed by atoms with Crippen LogP contribution in [-0.2, 0) is 0 Å². The highest BCUT2D eigenvalue weighted by Gasteiger charge is 2.31. The molecule has 1 saturated carbocycles. The largest absolute Gasteiger partial charge is 0.292 e. The average molecular weight is 233 g/mol. The molecule has 0 bridgehead atoms. The molecule has 3 nitrogen and oxygen atoms in total. The van der Waals surface area contributed by atoms with Crippen molar-refractivity contribution in [2.75, 3.05) is 6.54 Å². The van der Waals surface area contributed by atoms with Gasteiger partial charge in [-0.1, -0.05) is 25.7 Å². The fourth-order valence-electron chi connectivity index (χ4n) is 3.59. The predicted molar refractivity (Wildman–Crippen MR) is 68.8 cm³/mol. The highest BCUT2D eigenvalue weighted by atomic mass is 15.2. The van der Waals surface area contributed by atoms with Crippen LogP contribution in [-0.4, -0.2) is 27.7 Å². The fourth-order valence-corrected chi connectivity index (χ4v) is 3.59. The third-order valence-electron chi connectivity index (χ3n) is 4.47. The molecule has 17 heavy (non-hydrogen) atoms. The number of aromatic nitrogens is 2. The summed E-state index contributed by atoms with van der Waals surface area (Å²) in [4.78, 5) is 2.76. The zero-order chi connectivity index (χ0) is 11.5. The molecule has 3 rings (SSSR count). The topological polar surface area (TPSA) is 31.9 Å². The second kappa shape index (κ2) is 5.21. The van der Waals surface area contributed by atoms with Crippen LogP contribution in [0.2, 0.25) is 0 Å². The van der Waals surface area contributed by atoms with Gasteiger partial charge >= 0.3 is 0 Å². The summed E-state index contributed by atoms with van der Waals surface area (Å²) in [7, 11) is 0. The first-order valence-electron chi connectivity index (χ1n) is 7.20. The van der Waals surface area contributed by atoms with Crippen LogP contribution in [0.4, 0.5) is 0 Å². The van der Waals surface area contributed by atoms with Gasteiger partial charge in [0.1, 0.15) is 0 Å². The Labute approximate surface area is 104 Å². The van der Waals surface area contributed by atoms with Crippen molar-refractivity contribution in [2.24, 2.45) is 0 Å². The molecule has 1 aliphatic heterocycles. The van der Waals surface area contributed by atoms with Gasteiger partial charge in [-0.2, -0.15) is 5.10 Å². The van der Waals surface area contributed by atoms with Gasteiger partial charge in [-0.05, 0) is 38.3 Å². The molecule has 0 radical (unpaired) electrons. The van der Waals surface area contributed by atoms with Crippen LogP contribution in [0.3, 0.4) is 0 Å². The van der Waals surface area contributed by atoms with Gasteiger partial charge in [0.15, 0.2) is 0 Å². The summed E-state index contributed by atoms with van der Waals surface area (Å²) in [5.74, 6) is 0. The van der Waals surface area contributed by atoms with E-state index in [4.69, 9.17) is 0 Å². The number of rotatable bonds is 2. The van der Waals surface area contributed by atoms with Crippen molar-refractivity contribution >= 4 is 0 Å². The summed E-state index contributed by atoms with van der Waals surface area (Å²) >= 11 is 0. The van der Waals surface area contributed by atoms with Gasteiger partial charge in [-0.15, -0.1) is 0 Å². The van der Waals surface area contributed by atoms with Gasteiger partial charge in [-0.25, -0.2) is 0 Å². The van der Waals surface area contributed by atoms with E-state index in [0.717, 1.165) is 6.04 Å². The zero-order valence-corrected chi connectivity index (χ0v) is 10.6. The number of nitrogens with zero attached hydrogens (tertiary/aromatic N) is 2. The maximum absolute atomic E-state index is 4.13. The minimum Gasteiger partial charge on any atom is -0.292 e. The SMILES string of the molecule is c1cc(C2CCCCN2C2CCCCC2)[nH]n1. The quantitative estimate of drug-likeness (QED) is 0.850. The number of nitrogens with one attached hydrogen (secondary N) is 1. The first kappa shape index (κ1) is 11.3. The molecule has 0 spiro atoms. The van der Waals surface area contributed by atoms with Gasteiger partial charge in [0.2, 0.25) is 0 Å². The van der Waals surface area contributed by atoms with Crippen LogP contribution in [0, 0.1) is 0 Å². The third-order valence-corrected chi connectivity index (χ3v) is 4.47. The molecule has 1 atom stereocenters. The lowest BCUT2D eigenvalue weighted by atomic mass is 9.89. The lowest BCUT2D eigenvalue weighted by Crippen LogP contribution is -2.42. The molecule has 2 fully saturated rings. The van der Waals surface area contributed by atoms with E-state index in [-0.39, 0.29) is 0 Å². The Hall–Kier alpha value is -0.830. The Kier molecular flexibility index (Phi) is 3.46. The summed E-state index contributed by atoms with van der Waals surface area (Å²) < 4.78 is 0. The lowest BCUT2D eigenvalue weighted by molar-refractivity contribution is 0.0700. The zero-order valence-electron chi connectivity index (χ0n) is 10.6. The third kappa shape index (κ3) is 2.39. The lowest BCUT2D eigenvalue weighted by Gasteiger charge is -2.42. The van der Waals surface area contributed by atoms with Crippen molar-refractivity contribution in [3.05, 3.63) is 18.0 Å². The normalized spacial score (nSPS) is 28.4. The number of likely N-dealkylation sites (tertiary alicyclic amines) is 1. The molecule has 2 heterocycles. The minimum atomic E-state index is 0.606. The number of piperidine rings is 1. The molecule has 1 aliphatic carbocycles. The first-order chi connectivity index (χ1) is 8.45. The van der Waals surface area contributed by atoms with Crippen molar-refractivity contribution < 1.29 is 0 Å². The maximum Gasteiger partial charge on any atom is 0.0523 e. The molecule has 1 N–H and O–H groups in total.